The normalized spacial score (nSPS) is 12.1. The van der Waals surface area contributed by atoms with E-state index in [-0.39, 0.29) is 5.69 Å². The molecule has 0 spiro atoms. The van der Waals surface area contributed by atoms with Crippen molar-refractivity contribution in [3.63, 3.8) is 0 Å². The number of alkyl halides is 4. The van der Waals surface area contributed by atoms with Crippen molar-refractivity contribution in [2.24, 2.45) is 0 Å². The fraction of sp³-hybridized carbons (Fsp3) is 0.500. The Kier molecular flexibility index (Phi) is 3.20. The Morgan fingerprint density at radius 3 is 2.56 bits per heavy atom. The number of halogens is 4. The number of hydrogen-bond donors (Lipinski definition) is 1. The average molecular weight is 240 g/mol. The van der Waals surface area contributed by atoms with E-state index in [1.807, 2.05) is 0 Å². The van der Waals surface area contributed by atoms with Gasteiger partial charge in [-0.05, 0) is 13.0 Å². The van der Waals surface area contributed by atoms with Gasteiger partial charge in [-0.15, -0.1) is 0 Å². The lowest BCUT2D eigenvalue weighted by molar-refractivity contribution is -0.139. The molecule has 1 aromatic heterocycles. The Labute approximate surface area is 87.5 Å². The maximum absolute atomic E-state index is 12.7. The summed E-state index contributed by atoms with van der Waals surface area (Å²) in [6.07, 6.45) is -3.82. The first-order chi connectivity index (χ1) is 7.24. The van der Waals surface area contributed by atoms with Crippen LogP contribution in [0.3, 0.4) is 0 Å². The Hall–Kier alpha value is -1.60. The third-order valence-corrected chi connectivity index (χ3v) is 1.88. The van der Waals surface area contributed by atoms with Crippen molar-refractivity contribution in [3.8, 4) is 0 Å². The van der Waals surface area contributed by atoms with Crippen molar-refractivity contribution in [2.75, 3.05) is 0 Å². The molecule has 0 amide bonds. The van der Waals surface area contributed by atoms with E-state index in [0.717, 1.165) is 6.07 Å². The highest BCUT2D eigenvalue weighted by Crippen LogP contribution is 2.25. The molecule has 0 aliphatic rings. The van der Waals surface area contributed by atoms with Gasteiger partial charge in [0.2, 0.25) is 0 Å². The van der Waals surface area contributed by atoms with Gasteiger partial charge in [0.25, 0.3) is 0 Å². The Morgan fingerprint density at radius 2 is 2.19 bits per heavy atom. The molecule has 1 heterocycles. The second-order valence-electron chi connectivity index (χ2n) is 3.20. The second kappa shape index (κ2) is 4.11. The first-order valence-corrected chi connectivity index (χ1v) is 4.18. The van der Waals surface area contributed by atoms with E-state index in [9.17, 15) is 22.4 Å². The number of nitrogens with zero attached hydrogens (tertiary/aromatic N) is 2. The van der Waals surface area contributed by atoms with E-state index in [1.54, 1.807) is 0 Å². The highest BCUT2D eigenvalue weighted by atomic mass is 19.3. The number of hydrogen-bond acceptors (Lipinski definition) is 2. The van der Waals surface area contributed by atoms with Gasteiger partial charge in [-0.25, -0.2) is 13.6 Å². The molecule has 0 fully saturated rings. The van der Waals surface area contributed by atoms with Crippen LogP contribution in [0.4, 0.5) is 17.6 Å². The van der Waals surface area contributed by atoms with Gasteiger partial charge in [0.05, 0.1) is 0 Å². The fourth-order valence-electron chi connectivity index (χ4n) is 1.04. The van der Waals surface area contributed by atoms with Crippen LogP contribution in [0.2, 0.25) is 0 Å². The van der Waals surface area contributed by atoms with Crippen LogP contribution in [0.1, 0.15) is 16.2 Å². The highest BCUT2D eigenvalue weighted by molar-refractivity contribution is 5.85. The molecule has 1 N–H and O–H groups in total. The van der Waals surface area contributed by atoms with E-state index in [1.165, 1.54) is 6.92 Å². The molecule has 0 radical (unpaired) electrons. The van der Waals surface area contributed by atoms with Gasteiger partial charge in [0, 0.05) is 5.69 Å². The van der Waals surface area contributed by atoms with Gasteiger partial charge in [-0.2, -0.15) is 13.9 Å². The Bertz CT molecular complexity index is 403. The fourth-order valence-corrected chi connectivity index (χ4v) is 1.04. The number of aromatic nitrogens is 2. The number of aryl methyl sites for hydroxylation is 1. The van der Waals surface area contributed by atoms with E-state index >= 15 is 0 Å². The molecule has 0 unspecified atom stereocenters. The zero-order valence-corrected chi connectivity index (χ0v) is 8.12. The number of rotatable bonds is 4. The van der Waals surface area contributed by atoms with Crippen LogP contribution in [0.25, 0.3) is 0 Å². The third kappa shape index (κ3) is 2.50. The van der Waals surface area contributed by atoms with Crippen molar-refractivity contribution in [3.05, 3.63) is 17.5 Å². The largest absolute Gasteiger partial charge is 0.476 e. The maximum Gasteiger partial charge on any atom is 0.356 e. The van der Waals surface area contributed by atoms with Crippen LogP contribution in [-0.4, -0.2) is 33.2 Å². The molecule has 1 rings (SSSR count). The van der Waals surface area contributed by atoms with Gasteiger partial charge < -0.3 is 5.11 Å². The molecule has 0 saturated carbocycles. The van der Waals surface area contributed by atoms with Crippen LogP contribution in [0.15, 0.2) is 6.07 Å². The summed E-state index contributed by atoms with van der Waals surface area (Å²) >= 11 is 0. The highest BCUT2D eigenvalue weighted by Gasteiger charge is 2.41. The molecular formula is C8H8F4N2O2. The summed E-state index contributed by atoms with van der Waals surface area (Å²) in [5.41, 5.74) is -0.375. The molecule has 0 saturated heterocycles. The summed E-state index contributed by atoms with van der Waals surface area (Å²) in [5.74, 6) is -5.63. The predicted molar refractivity (Wildman–Crippen MR) is 44.9 cm³/mol. The van der Waals surface area contributed by atoms with Crippen molar-refractivity contribution in [2.45, 2.75) is 25.8 Å². The minimum atomic E-state index is -4.23. The number of aromatic carboxylic acids is 1. The topological polar surface area (TPSA) is 55.1 Å². The Balaban J connectivity index is 2.94. The zero-order chi connectivity index (χ0) is 12.5. The average Bonchev–Trinajstić information content (AvgIpc) is 2.47. The molecule has 90 valence electrons. The van der Waals surface area contributed by atoms with Gasteiger partial charge in [0.15, 0.2) is 5.69 Å². The number of carboxylic acid groups (broad SMARTS) is 1. The second-order valence-corrected chi connectivity index (χ2v) is 3.20. The summed E-state index contributed by atoms with van der Waals surface area (Å²) < 4.78 is 49.7. The summed E-state index contributed by atoms with van der Waals surface area (Å²) in [4.78, 5) is 10.5. The van der Waals surface area contributed by atoms with E-state index < -0.39 is 30.6 Å². The predicted octanol–water partition coefficient (Wildman–Crippen LogP) is 1.79. The van der Waals surface area contributed by atoms with Crippen molar-refractivity contribution < 1.29 is 27.5 Å². The standard InChI is InChI=1S/C8H8F4N2O2/c1-4-2-5(6(15)16)13-14(4)3-8(11,12)7(9)10/h2,7H,3H2,1H3,(H,15,16). The summed E-state index contributed by atoms with van der Waals surface area (Å²) in [6.45, 7) is -0.0369. The van der Waals surface area contributed by atoms with Crippen LogP contribution in [0, 0.1) is 6.92 Å². The molecule has 0 aromatic carbocycles. The SMILES string of the molecule is Cc1cc(C(=O)O)nn1CC(F)(F)C(F)F. The minimum Gasteiger partial charge on any atom is -0.476 e. The van der Waals surface area contributed by atoms with Crippen molar-refractivity contribution in [1.29, 1.82) is 0 Å². The maximum atomic E-state index is 12.7. The molecule has 4 nitrogen and oxygen atoms in total. The molecule has 1 aromatic rings. The number of carboxylic acids is 1. The molecule has 8 heteroatoms. The van der Waals surface area contributed by atoms with Crippen LogP contribution < -0.4 is 0 Å². The minimum absolute atomic E-state index is 0.0812. The van der Waals surface area contributed by atoms with Crippen LogP contribution >= 0.6 is 0 Å². The van der Waals surface area contributed by atoms with Gasteiger partial charge >= 0.3 is 18.3 Å². The molecule has 0 aliphatic carbocycles. The number of carbonyl (C=O) groups is 1. The summed E-state index contributed by atoms with van der Waals surface area (Å²) in [5, 5.41) is 11.8. The first kappa shape index (κ1) is 12.5. The van der Waals surface area contributed by atoms with E-state index in [0.29, 0.717) is 4.68 Å². The van der Waals surface area contributed by atoms with Gasteiger partial charge in [-0.3, -0.25) is 4.68 Å². The van der Waals surface area contributed by atoms with Gasteiger partial charge in [0.1, 0.15) is 6.54 Å². The van der Waals surface area contributed by atoms with Crippen molar-refractivity contribution >= 4 is 5.97 Å². The van der Waals surface area contributed by atoms with Crippen LogP contribution in [0.5, 0.6) is 0 Å². The lowest BCUT2D eigenvalue weighted by Gasteiger charge is -2.15. The van der Waals surface area contributed by atoms with Gasteiger partial charge in [-0.1, -0.05) is 0 Å². The van der Waals surface area contributed by atoms with Crippen LogP contribution in [-0.2, 0) is 6.54 Å². The Morgan fingerprint density at radius 1 is 1.62 bits per heavy atom. The molecule has 0 atom stereocenters. The summed E-state index contributed by atoms with van der Waals surface area (Å²) in [7, 11) is 0. The van der Waals surface area contributed by atoms with E-state index in [4.69, 9.17) is 5.11 Å². The lowest BCUT2D eigenvalue weighted by atomic mass is 10.3. The quantitative estimate of drug-likeness (QED) is 0.816. The van der Waals surface area contributed by atoms with Crippen molar-refractivity contribution in [1.82, 2.24) is 9.78 Å². The third-order valence-electron chi connectivity index (χ3n) is 1.88. The first-order valence-electron chi connectivity index (χ1n) is 4.18. The molecular weight excluding hydrogens is 232 g/mol. The summed E-state index contributed by atoms with van der Waals surface area (Å²) in [6, 6.07) is 1.03. The molecule has 16 heavy (non-hydrogen) atoms. The molecule has 0 aliphatic heterocycles. The molecule has 0 bridgehead atoms. The smallest absolute Gasteiger partial charge is 0.356 e. The lowest BCUT2D eigenvalue weighted by Crippen LogP contribution is -2.33. The monoisotopic (exact) mass is 240 g/mol. The van der Waals surface area contributed by atoms with E-state index in [2.05, 4.69) is 5.10 Å². The zero-order valence-electron chi connectivity index (χ0n) is 8.12.